The summed E-state index contributed by atoms with van der Waals surface area (Å²) in [6.45, 7) is 8.30. The summed E-state index contributed by atoms with van der Waals surface area (Å²) in [6.07, 6.45) is 9.14. The zero-order valence-electron chi connectivity index (χ0n) is 8.26. The summed E-state index contributed by atoms with van der Waals surface area (Å²) < 4.78 is 0. The van der Waals surface area contributed by atoms with Crippen molar-refractivity contribution >= 4 is 0 Å². The Morgan fingerprint density at radius 3 is 2.50 bits per heavy atom. The van der Waals surface area contributed by atoms with Gasteiger partial charge in [0.25, 0.3) is 0 Å². The Balaban J connectivity index is 2.34. The maximum Gasteiger partial charge on any atom is 0.0163 e. The zero-order chi connectivity index (χ0) is 8.81. The highest BCUT2D eigenvalue weighted by molar-refractivity contribution is 4.80. The summed E-state index contributed by atoms with van der Waals surface area (Å²) in [6, 6.07) is 0.849. The molecule has 0 N–H and O–H groups in total. The minimum atomic E-state index is 0.849. The summed E-state index contributed by atoms with van der Waals surface area (Å²) in [5.74, 6) is 0. The van der Waals surface area contributed by atoms with Gasteiger partial charge in [0.15, 0.2) is 0 Å². The SMILES string of the molecule is C=CCN(CC)C1CCCCC1. The molecule has 1 nitrogen and oxygen atoms in total. The Morgan fingerprint density at radius 2 is 2.00 bits per heavy atom. The van der Waals surface area contributed by atoms with Crippen LogP contribution < -0.4 is 0 Å². The first kappa shape index (κ1) is 9.79. The largest absolute Gasteiger partial charge is 0.297 e. The van der Waals surface area contributed by atoms with Crippen LogP contribution in [0.1, 0.15) is 39.0 Å². The molecule has 0 radical (unpaired) electrons. The fraction of sp³-hybridized carbons (Fsp3) is 0.818. The van der Waals surface area contributed by atoms with Crippen LogP contribution in [0.4, 0.5) is 0 Å². The first-order chi connectivity index (χ1) is 5.88. The second kappa shape index (κ2) is 5.36. The predicted molar refractivity (Wildman–Crippen MR) is 54.3 cm³/mol. The van der Waals surface area contributed by atoms with Crippen molar-refractivity contribution in [2.75, 3.05) is 13.1 Å². The van der Waals surface area contributed by atoms with Crippen molar-refractivity contribution in [3.8, 4) is 0 Å². The average Bonchev–Trinajstić information content (AvgIpc) is 2.15. The van der Waals surface area contributed by atoms with Gasteiger partial charge in [0.1, 0.15) is 0 Å². The van der Waals surface area contributed by atoms with E-state index < -0.39 is 0 Å². The van der Waals surface area contributed by atoms with Gasteiger partial charge in [-0.3, -0.25) is 4.90 Å². The molecule has 1 aliphatic rings. The van der Waals surface area contributed by atoms with Gasteiger partial charge in [-0.15, -0.1) is 6.58 Å². The maximum absolute atomic E-state index is 3.80. The van der Waals surface area contributed by atoms with E-state index in [-0.39, 0.29) is 0 Å². The van der Waals surface area contributed by atoms with Crippen LogP contribution in [0.3, 0.4) is 0 Å². The molecule has 0 aromatic carbocycles. The maximum atomic E-state index is 3.80. The van der Waals surface area contributed by atoms with Gasteiger partial charge in [-0.05, 0) is 19.4 Å². The lowest BCUT2D eigenvalue weighted by atomic mass is 9.94. The molecule has 0 aromatic heterocycles. The summed E-state index contributed by atoms with van der Waals surface area (Å²) in [4.78, 5) is 2.55. The molecule has 0 aromatic rings. The summed E-state index contributed by atoms with van der Waals surface area (Å²) in [5.41, 5.74) is 0. The van der Waals surface area contributed by atoms with E-state index in [1.54, 1.807) is 0 Å². The number of nitrogens with zero attached hydrogens (tertiary/aromatic N) is 1. The highest BCUT2D eigenvalue weighted by Crippen LogP contribution is 2.22. The molecule has 1 fully saturated rings. The summed E-state index contributed by atoms with van der Waals surface area (Å²) in [7, 11) is 0. The van der Waals surface area contributed by atoms with E-state index in [2.05, 4.69) is 18.4 Å². The van der Waals surface area contributed by atoms with Gasteiger partial charge in [0.2, 0.25) is 0 Å². The lowest BCUT2D eigenvalue weighted by molar-refractivity contribution is 0.180. The van der Waals surface area contributed by atoms with Gasteiger partial charge >= 0.3 is 0 Å². The highest BCUT2D eigenvalue weighted by Gasteiger charge is 2.18. The van der Waals surface area contributed by atoms with Gasteiger partial charge < -0.3 is 0 Å². The number of hydrogen-bond acceptors (Lipinski definition) is 1. The number of hydrogen-bond donors (Lipinski definition) is 0. The minimum absolute atomic E-state index is 0.849. The lowest BCUT2D eigenvalue weighted by Gasteiger charge is -2.32. The molecule has 0 amide bonds. The highest BCUT2D eigenvalue weighted by atomic mass is 15.1. The normalized spacial score (nSPS) is 19.8. The molecular formula is C11H21N. The molecule has 0 unspecified atom stereocenters. The smallest absolute Gasteiger partial charge is 0.0163 e. The lowest BCUT2D eigenvalue weighted by Crippen LogP contribution is -2.36. The molecule has 12 heavy (non-hydrogen) atoms. The van der Waals surface area contributed by atoms with Crippen LogP contribution in [-0.2, 0) is 0 Å². The topological polar surface area (TPSA) is 3.24 Å². The molecule has 0 aliphatic heterocycles. The van der Waals surface area contributed by atoms with E-state index in [1.807, 2.05) is 6.08 Å². The average molecular weight is 167 g/mol. The van der Waals surface area contributed by atoms with E-state index >= 15 is 0 Å². The fourth-order valence-corrected chi connectivity index (χ4v) is 2.15. The second-order valence-electron chi connectivity index (χ2n) is 3.67. The van der Waals surface area contributed by atoms with Gasteiger partial charge in [0.05, 0.1) is 0 Å². The Labute approximate surface area is 76.5 Å². The van der Waals surface area contributed by atoms with E-state index in [9.17, 15) is 0 Å². The molecule has 0 atom stereocenters. The first-order valence-electron chi connectivity index (χ1n) is 5.23. The van der Waals surface area contributed by atoms with Crippen LogP contribution in [0.25, 0.3) is 0 Å². The van der Waals surface area contributed by atoms with E-state index in [4.69, 9.17) is 0 Å². The molecule has 0 spiro atoms. The van der Waals surface area contributed by atoms with Crippen molar-refractivity contribution in [1.29, 1.82) is 0 Å². The van der Waals surface area contributed by atoms with E-state index in [0.717, 1.165) is 12.6 Å². The summed E-state index contributed by atoms with van der Waals surface area (Å²) in [5, 5.41) is 0. The van der Waals surface area contributed by atoms with Crippen molar-refractivity contribution in [1.82, 2.24) is 4.90 Å². The first-order valence-corrected chi connectivity index (χ1v) is 5.23. The van der Waals surface area contributed by atoms with Crippen LogP contribution in [0.2, 0.25) is 0 Å². The third-order valence-electron chi connectivity index (χ3n) is 2.86. The number of rotatable bonds is 4. The van der Waals surface area contributed by atoms with Gasteiger partial charge in [0, 0.05) is 12.6 Å². The molecular weight excluding hydrogens is 146 g/mol. The van der Waals surface area contributed by atoms with Crippen molar-refractivity contribution < 1.29 is 0 Å². The second-order valence-corrected chi connectivity index (χ2v) is 3.67. The van der Waals surface area contributed by atoms with E-state index in [0.29, 0.717) is 0 Å². The monoisotopic (exact) mass is 167 g/mol. The molecule has 1 saturated carbocycles. The third kappa shape index (κ3) is 2.63. The molecule has 0 saturated heterocycles. The summed E-state index contributed by atoms with van der Waals surface area (Å²) >= 11 is 0. The van der Waals surface area contributed by atoms with Crippen molar-refractivity contribution in [2.24, 2.45) is 0 Å². The van der Waals surface area contributed by atoms with Crippen molar-refractivity contribution in [3.05, 3.63) is 12.7 Å². The van der Waals surface area contributed by atoms with Gasteiger partial charge in [-0.2, -0.15) is 0 Å². The molecule has 0 heterocycles. The van der Waals surface area contributed by atoms with Crippen molar-refractivity contribution in [2.45, 2.75) is 45.1 Å². The van der Waals surface area contributed by atoms with E-state index in [1.165, 1.54) is 38.6 Å². The Hall–Kier alpha value is -0.300. The van der Waals surface area contributed by atoms with Gasteiger partial charge in [-0.25, -0.2) is 0 Å². The van der Waals surface area contributed by atoms with Crippen LogP contribution >= 0.6 is 0 Å². The predicted octanol–water partition coefficient (Wildman–Crippen LogP) is 2.83. The Bertz CT molecular complexity index is 125. The molecule has 1 aliphatic carbocycles. The Kier molecular flexibility index (Phi) is 4.37. The quantitative estimate of drug-likeness (QED) is 0.582. The molecule has 70 valence electrons. The Morgan fingerprint density at radius 1 is 1.33 bits per heavy atom. The van der Waals surface area contributed by atoms with Gasteiger partial charge in [-0.1, -0.05) is 32.3 Å². The third-order valence-corrected chi connectivity index (χ3v) is 2.86. The van der Waals surface area contributed by atoms with Crippen LogP contribution in [0, 0.1) is 0 Å². The molecule has 0 bridgehead atoms. The van der Waals surface area contributed by atoms with Crippen LogP contribution in [0.15, 0.2) is 12.7 Å². The van der Waals surface area contributed by atoms with Crippen molar-refractivity contribution in [3.63, 3.8) is 0 Å². The van der Waals surface area contributed by atoms with Crippen LogP contribution in [-0.4, -0.2) is 24.0 Å². The molecule has 1 heteroatoms. The molecule has 1 rings (SSSR count). The minimum Gasteiger partial charge on any atom is -0.297 e. The number of likely N-dealkylation sites (N-methyl/N-ethyl adjacent to an activating group) is 1. The zero-order valence-corrected chi connectivity index (χ0v) is 8.26. The standard InChI is InChI=1S/C11H21N/c1-3-10-12(4-2)11-8-6-5-7-9-11/h3,11H,1,4-10H2,2H3. The fourth-order valence-electron chi connectivity index (χ4n) is 2.15. The van der Waals surface area contributed by atoms with Crippen LogP contribution in [0.5, 0.6) is 0 Å².